The zero-order valence-corrected chi connectivity index (χ0v) is 11.9. The maximum Gasteiger partial charge on any atom is 0.416 e. The number of phenolic OH excluding ortho intramolecular Hbond substituents is 1. The average molecular weight is 330 g/mol. The number of hydrogen-bond acceptors (Lipinski definition) is 3. The van der Waals surface area contributed by atoms with Crippen LogP contribution in [0.1, 0.15) is 5.56 Å². The maximum atomic E-state index is 12.7. The molecule has 3 rings (SSSR count). The summed E-state index contributed by atoms with van der Waals surface area (Å²) in [6.07, 6.45) is -4.40. The number of thiazole rings is 1. The molecule has 0 radical (unpaired) electrons. The number of hydrogen-bond donors (Lipinski definition) is 1. The average Bonchev–Trinajstić information content (AvgIpc) is 2.83. The molecule has 2 nitrogen and oxygen atoms in total. The minimum absolute atomic E-state index is 0.0182. The fourth-order valence-electron chi connectivity index (χ4n) is 1.90. The van der Waals surface area contributed by atoms with Crippen molar-refractivity contribution in [3.05, 3.63) is 47.0 Å². The highest BCUT2D eigenvalue weighted by Crippen LogP contribution is 2.38. The van der Waals surface area contributed by atoms with Crippen LogP contribution in [0.2, 0.25) is 5.02 Å². The van der Waals surface area contributed by atoms with Gasteiger partial charge in [-0.05, 0) is 36.4 Å². The van der Waals surface area contributed by atoms with Gasteiger partial charge in [0, 0.05) is 5.56 Å². The van der Waals surface area contributed by atoms with E-state index in [1.165, 1.54) is 35.6 Å². The number of benzene rings is 2. The second-order valence-electron chi connectivity index (χ2n) is 4.36. The molecule has 0 bridgehead atoms. The summed E-state index contributed by atoms with van der Waals surface area (Å²) in [5, 5.41) is 10.3. The normalized spacial score (nSPS) is 12.0. The first-order chi connectivity index (χ1) is 9.84. The van der Waals surface area contributed by atoms with Gasteiger partial charge in [-0.25, -0.2) is 4.98 Å². The molecular formula is C14H7ClF3NOS. The molecule has 0 saturated carbocycles. The van der Waals surface area contributed by atoms with Crippen molar-refractivity contribution in [1.82, 2.24) is 4.98 Å². The molecule has 108 valence electrons. The highest BCUT2D eigenvalue weighted by molar-refractivity contribution is 7.21. The Balaban J connectivity index is 2.15. The summed E-state index contributed by atoms with van der Waals surface area (Å²) in [5.74, 6) is 0.0182. The van der Waals surface area contributed by atoms with E-state index in [-0.39, 0.29) is 11.3 Å². The van der Waals surface area contributed by atoms with Crippen molar-refractivity contribution in [3.8, 4) is 16.3 Å². The molecule has 1 heterocycles. The number of aromatic hydroxyl groups is 1. The number of halogens is 4. The van der Waals surface area contributed by atoms with Crippen molar-refractivity contribution in [2.75, 3.05) is 0 Å². The van der Waals surface area contributed by atoms with Crippen molar-refractivity contribution in [2.24, 2.45) is 0 Å². The van der Waals surface area contributed by atoms with Gasteiger partial charge in [0.2, 0.25) is 0 Å². The molecule has 21 heavy (non-hydrogen) atoms. The van der Waals surface area contributed by atoms with Crippen LogP contribution in [-0.4, -0.2) is 10.1 Å². The zero-order valence-electron chi connectivity index (χ0n) is 10.3. The molecule has 0 amide bonds. The highest BCUT2D eigenvalue weighted by atomic mass is 35.5. The third kappa shape index (κ3) is 2.69. The summed E-state index contributed by atoms with van der Waals surface area (Å²) >= 11 is 7.26. The fraction of sp³-hybridized carbons (Fsp3) is 0.0714. The Morgan fingerprint density at radius 3 is 2.57 bits per heavy atom. The molecule has 0 spiro atoms. The molecule has 0 unspecified atom stereocenters. The van der Waals surface area contributed by atoms with Crippen LogP contribution in [-0.2, 0) is 6.18 Å². The van der Waals surface area contributed by atoms with Gasteiger partial charge >= 0.3 is 6.18 Å². The van der Waals surface area contributed by atoms with Crippen LogP contribution >= 0.6 is 22.9 Å². The molecular weight excluding hydrogens is 323 g/mol. The minimum atomic E-state index is -4.40. The maximum absolute atomic E-state index is 12.7. The van der Waals surface area contributed by atoms with Crippen LogP contribution < -0.4 is 0 Å². The first-order valence-electron chi connectivity index (χ1n) is 5.81. The third-order valence-electron chi connectivity index (χ3n) is 2.90. The lowest BCUT2D eigenvalue weighted by molar-refractivity contribution is -0.137. The molecule has 1 N–H and O–H groups in total. The largest absolute Gasteiger partial charge is 0.508 e. The van der Waals surface area contributed by atoms with Gasteiger partial charge in [-0.3, -0.25) is 0 Å². The van der Waals surface area contributed by atoms with E-state index >= 15 is 0 Å². The van der Waals surface area contributed by atoms with Crippen molar-refractivity contribution in [1.29, 1.82) is 0 Å². The molecule has 7 heteroatoms. The molecule has 0 saturated heterocycles. The summed E-state index contributed by atoms with van der Waals surface area (Å²) in [6, 6.07) is 7.79. The molecule has 0 aliphatic carbocycles. The quantitative estimate of drug-likeness (QED) is 0.653. The van der Waals surface area contributed by atoms with Gasteiger partial charge in [0.1, 0.15) is 10.8 Å². The van der Waals surface area contributed by atoms with Crippen LogP contribution in [0, 0.1) is 0 Å². The fourth-order valence-corrected chi connectivity index (χ4v) is 3.14. The van der Waals surface area contributed by atoms with Gasteiger partial charge in [-0.15, -0.1) is 11.3 Å². The van der Waals surface area contributed by atoms with E-state index in [2.05, 4.69) is 4.98 Å². The summed E-state index contributed by atoms with van der Waals surface area (Å²) in [4.78, 5) is 4.18. The van der Waals surface area contributed by atoms with E-state index in [0.717, 1.165) is 12.1 Å². The Kier molecular flexibility index (Phi) is 3.30. The Morgan fingerprint density at radius 2 is 1.86 bits per heavy atom. The lowest BCUT2D eigenvalue weighted by atomic mass is 10.2. The minimum Gasteiger partial charge on any atom is -0.508 e. The van der Waals surface area contributed by atoms with Gasteiger partial charge in [-0.2, -0.15) is 13.2 Å². The van der Waals surface area contributed by atoms with E-state index in [0.29, 0.717) is 20.3 Å². The summed E-state index contributed by atoms with van der Waals surface area (Å²) < 4.78 is 38.7. The third-order valence-corrected chi connectivity index (χ3v) is 4.29. The molecule has 0 aliphatic rings. The van der Waals surface area contributed by atoms with Crippen LogP contribution in [0.15, 0.2) is 36.4 Å². The predicted molar refractivity (Wildman–Crippen MR) is 76.7 cm³/mol. The standard InChI is InChI=1S/C14H7ClF3NOS/c15-10-3-2-8(20)6-9(10)13-19-11-5-7(14(16,17)18)1-4-12(11)21-13/h1-6,20H. The molecule has 1 aromatic heterocycles. The highest BCUT2D eigenvalue weighted by Gasteiger charge is 2.30. The van der Waals surface area contributed by atoms with Crippen molar-refractivity contribution in [3.63, 3.8) is 0 Å². The Labute approximate surface area is 126 Å². The van der Waals surface area contributed by atoms with Gasteiger partial charge in [-0.1, -0.05) is 11.6 Å². The first kappa shape index (κ1) is 14.2. The topological polar surface area (TPSA) is 33.1 Å². The smallest absolute Gasteiger partial charge is 0.416 e. The number of nitrogens with zero attached hydrogens (tertiary/aromatic N) is 1. The van der Waals surface area contributed by atoms with Gasteiger partial charge in [0.05, 0.1) is 20.8 Å². The van der Waals surface area contributed by atoms with Crippen LogP contribution in [0.4, 0.5) is 13.2 Å². The molecule has 2 aromatic carbocycles. The zero-order chi connectivity index (χ0) is 15.2. The first-order valence-corrected chi connectivity index (χ1v) is 7.01. The molecule has 0 fully saturated rings. The number of aromatic nitrogens is 1. The predicted octanol–water partition coefficient (Wildman–Crippen LogP) is 5.34. The number of rotatable bonds is 1. The van der Waals surface area contributed by atoms with Gasteiger partial charge in [0.25, 0.3) is 0 Å². The molecule has 0 atom stereocenters. The summed E-state index contributed by atoms with van der Waals surface area (Å²) in [6.45, 7) is 0. The van der Waals surface area contributed by atoms with E-state index in [4.69, 9.17) is 11.6 Å². The SMILES string of the molecule is Oc1ccc(Cl)c(-c2nc3cc(C(F)(F)F)ccc3s2)c1. The second kappa shape index (κ2) is 4.89. The Hall–Kier alpha value is -1.79. The summed E-state index contributed by atoms with van der Waals surface area (Å²) in [7, 11) is 0. The van der Waals surface area contributed by atoms with Crippen molar-refractivity contribution >= 4 is 33.2 Å². The van der Waals surface area contributed by atoms with E-state index in [9.17, 15) is 18.3 Å². The number of alkyl halides is 3. The Bertz CT molecular complexity index is 829. The van der Waals surface area contributed by atoms with Crippen LogP contribution in [0.25, 0.3) is 20.8 Å². The molecule has 3 aromatic rings. The van der Waals surface area contributed by atoms with E-state index < -0.39 is 11.7 Å². The second-order valence-corrected chi connectivity index (χ2v) is 5.80. The lowest BCUT2D eigenvalue weighted by Crippen LogP contribution is -2.03. The number of phenols is 1. The van der Waals surface area contributed by atoms with Crippen LogP contribution in [0.3, 0.4) is 0 Å². The number of fused-ring (bicyclic) bond motifs is 1. The van der Waals surface area contributed by atoms with Crippen LogP contribution in [0.5, 0.6) is 5.75 Å². The Morgan fingerprint density at radius 1 is 1.10 bits per heavy atom. The van der Waals surface area contributed by atoms with E-state index in [1.807, 2.05) is 0 Å². The van der Waals surface area contributed by atoms with Gasteiger partial charge < -0.3 is 5.11 Å². The van der Waals surface area contributed by atoms with Gasteiger partial charge in [0.15, 0.2) is 0 Å². The monoisotopic (exact) mass is 329 g/mol. The molecule has 0 aliphatic heterocycles. The van der Waals surface area contributed by atoms with E-state index in [1.54, 1.807) is 0 Å². The van der Waals surface area contributed by atoms with Crippen molar-refractivity contribution in [2.45, 2.75) is 6.18 Å². The van der Waals surface area contributed by atoms with Crippen molar-refractivity contribution < 1.29 is 18.3 Å². The lowest BCUT2D eigenvalue weighted by Gasteiger charge is -2.04. The summed E-state index contributed by atoms with van der Waals surface area (Å²) in [5.41, 5.74) is 0.00418.